The predicted molar refractivity (Wildman–Crippen MR) is 139 cm³/mol. The molecule has 154 valence electrons. The van der Waals surface area contributed by atoms with E-state index in [0.717, 1.165) is 20.4 Å². The first-order chi connectivity index (χ1) is 15.6. The van der Waals surface area contributed by atoms with Crippen molar-refractivity contribution in [1.29, 1.82) is 0 Å². The summed E-state index contributed by atoms with van der Waals surface area (Å²) < 4.78 is 0.939. The molecule has 0 bridgehead atoms. The van der Waals surface area contributed by atoms with Crippen molar-refractivity contribution in [1.82, 2.24) is 0 Å². The highest BCUT2D eigenvalue weighted by atomic mass is 127. The van der Waals surface area contributed by atoms with Crippen molar-refractivity contribution in [2.24, 2.45) is 10.7 Å². The molecule has 1 amide bonds. The van der Waals surface area contributed by atoms with Crippen LogP contribution in [0.3, 0.4) is 0 Å². The number of nitrogens with zero attached hydrogens (tertiary/aromatic N) is 1. The summed E-state index contributed by atoms with van der Waals surface area (Å²) in [7, 11) is 0. The fraction of sp³-hybridized carbons (Fsp3) is 0. The quantitative estimate of drug-likeness (QED) is 0.208. The van der Waals surface area contributed by atoms with Crippen molar-refractivity contribution >= 4 is 45.5 Å². The number of amides is 1. The van der Waals surface area contributed by atoms with Gasteiger partial charge in [-0.05, 0) is 74.7 Å². The molecule has 0 aliphatic heterocycles. The highest BCUT2D eigenvalue weighted by Gasteiger charge is 2.23. The number of halogens is 1. The molecule has 0 unspecified atom stereocenters. The van der Waals surface area contributed by atoms with Gasteiger partial charge in [0.15, 0.2) is 0 Å². The van der Waals surface area contributed by atoms with Gasteiger partial charge in [-0.1, -0.05) is 78.9 Å². The summed E-state index contributed by atoms with van der Waals surface area (Å²) in [5, 5.41) is 0. The molecule has 0 fully saturated rings. The fourth-order valence-corrected chi connectivity index (χ4v) is 4.56. The van der Waals surface area contributed by atoms with E-state index in [1.54, 1.807) is 6.07 Å². The summed E-state index contributed by atoms with van der Waals surface area (Å²) in [6, 6.07) is 32.4. The maximum atomic E-state index is 12.1. The number of allylic oxidation sites excluding steroid dienone is 1. The number of carbonyl (C=O) groups is 1. The van der Waals surface area contributed by atoms with Gasteiger partial charge in [-0.25, -0.2) is 4.99 Å². The lowest BCUT2D eigenvalue weighted by Crippen LogP contribution is -2.11. The Morgan fingerprint density at radius 2 is 1.31 bits per heavy atom. The molecule has 4 heteroatoms. The van der Waals surface area contributed by atoms with E-state index in [9.17, 15) is 4.79 Å². The van der Waals surface area contributed by atoms with Crippen LogP contribution in [0.25, 0.3) is 16.7 Å². The lowest BCUT2D eigenvalue weighted by atomic mass is 9.99. The molecule has 2 N–H and O–H groups in total. The summed E-state index contributed by atoms with van der Waals surface area (Å²) in [5.74, 6) is -0.487. The number of aliphatic imine (C=N–C) groups is 1. The predicted octanol–water partition coefficient (Wildman–Crippen LogP) is 6.62. The number of nitrogens with two attached hydrogens (primary N) is 1. The Morgan fingerprint density at radius 1 is 0.750 bits per heavy atom. The minimum absolute atomic E-state index is 0.413. The van der Waals surface area contributed by atoms with Gasteiger partial charge in [0.05, 0.1) is 17.0 Å². The monoisotopic (exact) mass is 526 g/mol. The van der Waals surface area contributed by atoms with Crippen LogP contribution in [0.1, 0.15) is 27.0 Å². The van der Waals surface area contributed by atoms with E-state index >= 15 is 0 Å². The van der Waals surface area contributed by atoms with E-state index in [1.807, 2.05) is 42.5 Å². The molecule has 0 saturated carbocycles. The normalized spacial score (nSPS) is 12.3. The van der Waals surface area contributed by atoms with Crippen LogP contribution in [0.15, 0.2) is 108 Å². The Bertz CT molecular complexity index is 1360. The molecular formula is C28H19IN2O. The van der Waals surface area contributed by atoms with Crippen LogP contribution < -0.4 is 5.73 Å². The molecule has 0 spiro atoms. The molecule has 0 radical (unpaired) electrons. The molecule has 0 heterocycles. The molecule has 0 aromatic heterocycles. The Morgan fingerprint density at radius 3 is 1.91 bits per heavy atom. The zero-order valence-corrected chi connectivity index (χ0v) is 19.3. The van der Waals surface area contributed by atoms with Gasteiger partial charge < -0.3 is 5.73 Å². The third-order valence-corrected chi connectivity index (χ3v) is 6.21. The molecule has 0 saturated heterocycles. The maximum Gasteiger partial charge on any atom is 0.250 e. The van der Waals surface area contributed by atoms with Crippen molar-refractivity contribution < 1.29 is 4.79 Å². The first-order valence-electron chi connectivity index (χ1n) is 10.3. The van der Waals surface area contributed by atoms with E-state index in [-0.39, 0.29) is 0 Å². The van der Waals surface area contributed by atoms with Gasteiger partial charge in [0.2, 0.25) is 0 Å². The largest absolute Gasteiger partial charge is 0.366 e. The zero-order valence-electron chi connectivity index (χ0n) is 17.1. The molecule has 3 nitrogen and oxygen atoms in total. The van der Waals surface area contributed by atoms with Gasteiger partial charge in [0, 0.05) is 9.13 Å². The van der Waals surface area contributed by atoms with Crippen LogP contribution in [-0.4, -0.2) is 11.6 Å². The fourth-order valence-electron chi connectivity index (χ4n) is 4.06. The molecule has 1 aliphatic rings. The summed E-state index contributed by atoms with van der Waals surface area (Å²) in [6.45, 7) is 0. The highest BCUT2D eigenvalue weighted by molar-refractivity contribution is 14.1. The van der Waals surface area contributed by atoms with E-state index < -0.39 is 5.91 Å². The maximum absolute atomic E-state index is 12.1. The van der Waals surface area contributed by atoms with Crippen LogP contribution >= 0.6 is 22.6 Å². The van der Waals surface area contributed by atoms with Crippen molar-refractivity contribution in [3.8, 4) is 11.1 Å². The lowest BCUT2D eigenvalue weighted by Gasteiger charge is -2.09. The molecule has 4 aromatic rings. The molecule has 0 atom stereocenters. The number of carbonyl (C=O) groups excluding carboxylic acids is 1. The second-order valence-electron chi connectivity index (χ2n) is 7.54. The number of primary amides is 1. The SMILES string of the molecule is NC(=O)c1cc(I)ccc1N=C(C=C1c2ccccc2-c2ccccc21)c1ccccc1. The molecular weight excluding hydrogens is 507 g/mol. The van der Waals surface area contributed by atoms with Crippen LogP contribution in [0.2, 0.25) is 0 Å². The Kier molecular flexibility index (Phi) is 5.45. The van der Waals surface area contributed by atoms with Gasteiger partial charge in [-0.2, -0.15) is 0 Å². The van der Waals surface area contributed by atoms with E-state index in [0.29, 0.717) is 11.3 Å². The average molecular weight is 526 g/mol. The Labute approximate surface area is 200 Å². The number of hydrogen-bond donors (Lipinski definition) is 1. The van der Waals surface area contributed by atoms with Crippen molar-refractivity contribution in [2.45, 2.75) is 0 Å². The molecule has 32 heavy (non-hydrogen) atoms. The minimum atomic E-state index is -0.487. The van der Waals surface area contributed by atoms with E-state index in [1.165, 1.54) is 22.3 Å². The van der Waals surface area contributed by atoms with Gasteiger partial charge in [-0.15, -0.1) is 0 Å². The number of fused-ring (bicyclic) bond motifs is 3. The lowest BCUT2D eigenvalue weighted by molar-refractivity contribution is 0.100. The van der Waals surface area contributed by atoms with E-state index in [4.69, 9.17) is 10.7 Å². The zero-order chi connectivity index (χ0) is 22.1. The van der Waals surface area contributed by atoms with Crippen molar-refractivity contribution in [3.63, 3.8) is 0 Å². The first kappa shape index (κ1) is 20.4. The van der Waals surface area contributed by atoms with Gasteiger partial charge >= 0.3 is 0 Å². The molecule has 4 aromatic carbocycles. The first-order valence-corrected chi connectivity index (χ1v) is 11.3. The molecule has 1 aliphatic carbocycles. The van der Waals surface area contributed by atoms with Crippen LogP contribution in [0.4, 0.5) is 5.69 Å². The van der Waals surface area contributed by atoms with Gasteiger partial charge in [-0.3, -0.25) is 4.79 Å². The Balaban J connectivity index is 1.75. The summed E-state index contributed by atoms with van der Waals surface area (Å²) in [6.07, 6.45) is 2.11. The van der Waals surface area contributed by atoms with Crippen molar-refractivity contribution in [2.75, 3.05) is 0 Å². The smallest absolute Gasteiger partial charge is 0.250 e. The number of rotatable bonds is 4. The third-order valence-electron chi connectivity index (χ3n) is 5.54. The summed E-state index contributed by atoms with van der Waals surface area (Å²) >= 11 is 2.17. The highest BCUT2D eigenvalue weighted by Crippen LogP contribution is 2.44. The van der Waals surface area contributed by atoms with Gasteiger partial charge in [0.1, 0.15) is 0 Å². The summed E-state index contributed by atoms with van der Waals surface area (Å²) in [5.41, 5.74) is 14.3. The topological polar surface area (TPSA) is 55.5 Å². The summed E-state index contributed by atoms with van der Waals surface area (Å²) in [4.78, 5) is 17.0. The molecule has 5 rings (SSSR count). The second kappa shape index (κ2) is 8.55. The number of hydrogen-bond acceptors (Lipinski definition) is 2. The number of benzene rings is 4. The standard InChI is InChI=1S/C28H19IN2O/c29-19-14-15-26(25(16-19)28(30)32)31-27(18-8-2-1-3-9-18)17-24-22-12-6-4-10-20(22)21-11-5-7-13-23(21)24/h1-17H,(H2,30,32). The van der Waals surface area contributed by atoms with Crippen LogP contribution in [0.5, 0.6) is 0 Å². The van der Waals surface area contributed by atoms with Crippen LogP contribution in [0, 0.1) is 3.57 Å². The van der Waals surface area contributed by atoms with E-state index in [2.05, 4.69) is 77.2 Å². The van der Waals surface area contributed by atoms with Crippen LogP contribution in [-0.2, 0) is 0 Å². The third kappa shape index (κ3) is 3.78. The minimum Gasteiger partial charge on any atom is -0.366 e. The van der Waals surface area contributed by atoms with Gasteiger partial charge in [0.25, 0.3) is 5.91 Å². The second-order valence-corrected chi connectivity index (χ2v) is 8.78. The van der Waals surface area contributed by atoms with Crippen molar-refractivity contribution in [3.05, 3.63) is 129 Å². The average Bonchev–Trinajstić information content (AvgIpc) is 3.14. The Hall–Kier alpha value is -3.51.